The minimum atomic E-state index is -0.304. The molecule has 0 N–H and O–H groups in total. The van der Waals surface area contributed by atoms with Crippen molar-refractivity contribution in [2.24, 2.45) is 5.92 Å². The van der Waals surface area contributed by atoms with Crippen LogP contribution in [0.15, 0.2) is 11.4 Å². The van der Waals surface area contributed by atoms with E-state index in [1.807, 2.05) is 5.38 Å². The van der Waals surface area contributed by atoms with E-state index in [0.717, 1.165) is 31.1 Å². The molecule has 20 heavy (non-hydrogen) atoms. The second-order valence-electron chi connectivity index (χ2n) is 5.86. The highest BCUT2D eigenvalue weighted by atomic mass is 32.1. The lowest BCUT2D eigenvalue weighted by Gasteiger charge is -2.32. The number of piperidine rings is 1. The molecule has 0 unspecified atom stereocenters. The first-order valence-corrected chi connectivity index (χ1v) is 8.01. The molecule has 6 heteroatoms. The average molecular weight is 297 g/mol. The standard InChI is InChI=1S/C14H23N3O2S/c1-15(2)6-3-12-4-7-16(8-5-12)10-13-9-14(17(18)19)20-11-13/h9,11-12H,3-8,10H2,1-2H3. The van der Waals surface area contributed by atoms with Crippen LogP contribution in [-0.2, 0) is 6.54 Å². The minimum absolute atomic E-state index is 0.251. The Morgan fingerprint density at radius 2 is 2.15 bits per heavy atom. The van der Waals surface area contributed by atoms with Gasteiger partial charge in [0.1, 0.15) is 0 Å². The maximum absolute atomic E-state index is 10.7. The Balaban J connectivity index is 1.75. The number of hydrogen-bond acceptors (Lipinski definition) is 5. The summed E-state index contributed by atoms with van der Waals surface area (Å²) in [4.78, 5) is 15.0. The van der Waals surface area contributed by atoms with Crippen LogP contribution in [0.5, 0.6) is 0 Å². The molecule has 0 atom stereocenters. The molecule has 112 valence electrons. The summed E-state index contributed by atoms with van der Waals surface area (Å²) >= 11 is 1.23. The maximum atomic E-state index is 10.7. The van der Waals surface area contributed by atoms with Crippen molar-refractivity contribution in [1.82, 2.24) is 9.80 Å². The number of thiophene rings is 1. The van der Waals surface area contributed by atoms with E-state index in [9.17, 15) is 10.1 Å². The van der Waals surface area contributed by atoms with Crippen LogP contribution in [0.2, 0.25) is 0 Å². The summed E-state index contributed by atoms with van der Waals surface area (Å²) in [5.74, 6) is 0.838. The fourth-order valence-electron chi connectivity index (χ4n) is 2.67. The van der Waals surface area contributed by atoms with Gasteiger partial charge in [-0.15, -0.1) is 0 Å². The molecule has 0 radical (unpaired) electrons. The summed E-state index contributed by atoms with van der Waals surface area (Å²) in [7, 11) is 4.25. The van der Waals surface area contributed by atoms with E-state index in [0.29, 0.717) is 0 Å². The quantitative estimate of drug-likeness (QED) is 0.598. The Labute approximate surface area is 124 Å². The highest BCUT2D eigenvalue weighted by Gasteiger charge is 2.20. The van der Waals surface area contributed by atoms with Crippen LogP contribution in [0.4, 0.5) is 5.00 Å². The van der Waals surface area contributed by atoms with Gasteiger partial charge in [-0.3, -0.25) is 15.0 Å². The molecule has 0 amide bonds. The van der Waals surface area contributed by atoms with Crippen molar-refractivity contribution >= 4 is 16.3 Å². The Hall–Kier alpha value is -0.980. The van der Waals surface area contributed by atoms with Crippen LogP contribution in [0.25, 0.3) is 0 Å². The highest BCUT2D eigenvalue weighted by Crippen LogP contribution is 2.26. The topological polar surface area (TPSA) is 49.6 Å². The van der Waals surface area contributed by atoms with Crippen molar-refractivity contribution in [3.63, 3.8) is 0 Å². The lowest BCUT2D eigenvalue weighted by molar-refractivity contribution is -0.380. The van der Waals surface area contributed by atoms with Gasteiger partial charge in [0.2, 0.25) is 0 Å². The SMILES string of the molecule is CN(C)CCC1CCN(Cc2csc([N+](=O)[O-])c2)CC1. The van der Waals surface area contributed by atoms with Crippen molar-refractivity contribution in [3.8, 4) is 0 Å². The van der Waals surface area contributed by atoms with Gasteiger partial charge < -0.3 is 4.90 Å². The molecule has 2 rings (SSSR count). The fourth-order valence-corrected chi connectivity index (χ4v) is 3.39. The highest BCUT2D eigenvalue weighted by molar-refractivity contribution is 7.13. The Kier molecular flexibility index (Phi) is 5.51. The predicted octanol–water partition coefficient (Wildman–Crippen LogP) is 2.82. The van der Waals surface area contributed by atoms with E-state index >= 15 is 0 Å². The minimum Gasteiger partial charge on any atom is -0.309 e. The molecule has 2 heterocycles. The van der Waals surface area contributed by atoms with E-state index in [1.54, 1.807) is 6.07 Å². The number of likely N-dealkylation sites (tertiary alicyclic amines) is 1. The molecule has 1 saturated heterocycles. The molecule has 1 aliphatic rings. The van der Waals surface area contributed by atoms with Crippen molar-refractivity contribution in [3.05, 3.63) is 27.1 Å². The largest absolute Gasteiger partial charge is 0.324 e. The molecular weight excluding hydrogens is 274 g/mol. The van der Waals surface area contributed by atoms with Crippen LogP contribution in [-0.4, -0.2) is 48.5 Å². The van der Waals surface area contributed by atoms with Gasteiger partial charge in [-0.25, -0.2) is 0 Å². The maximum Gasteiger partial charge on any atom is 0.324 e. The van der Waals surface area contributed by atoms with E-state index in [-0.39, 0.29) is 9.92 Å². The molecule has 5 nitrogen and oxygen atoms in total. The normalized spacial score (nSPS) is 17.8. The van der Waals surface area contributed by atoms with Crippen LogP contribution in [0.1, 0.15) is 24.8 Å². The van der Waals surface area contributed by atoms with Gasteiger partial charge in [0, 0.05) is 18.0 Å². The van der Waals surface area contributed by atoms with E-state index in [2.05, 4.69) is 23.9 Å². The zero-order valence-electron chi connectivity index (χ0n) is 12.2. The van der Waals surface area contributed by atoms with Gasteiger partial charge in [0.25, 0.3) is 0 Å². The first kappa shape index (κ1) is 15.4. The molecule has 0 spiro atoms. The average Bonchev–Trinajstić information content (AvgIpc) is 2.86. The van der Waals surface area contributed by atoms with Crippen LogP contribution in [0.3, 0.4) is 0 Å². The van der Waals surface area contributed by atoms with Gasteiger partial charge in [0.15, 0.2) is 0 Å². The molecule has 0 saturated carbocycles. The lowest BCUT2D eigenvalue weighted by atomic mass is 9.93. The van der Waals surface area contributed by atoms with E-state index in [4.69, 9.17) is 0 Å². The third-order valence-electron chi connectivity index (χ3n) is 3.92. The lowest BCUT2D eigenvalue weighted by Crippen LogP contribution is -2.34. The molecule has 1 fully saturated rings. The molecular formula is C14H23N3O2S. The smallest absolute Gasteiger partial charge is 0.309 e. The summed E-state index contributed by atoms with van der Waals surface area (Å²) in [5.41, 5.74) is 1.08. The molecule has 0 bridgehead atoms. The van der Waals surface area contributed by atoms with Crippen LogP contribution >= 0.6 is 11.3 Å². The molecule has 0 aromatic carbocycles. The molecule has 1 aromatic heterocycles. The van der Waals surface area contributed by atoms with Crippen LogP contribution < -0.4 is 0 Å². The second-order valence-corrected chi connectivity index (χ2v) is 6.75. The zero-order valence-corrected chi connectivity index (χ0v) is 13.1. The second kappa shape index (κ2) is 7.15. The van der Waals surface area contributed by atoms with Gasteiger partial charge >= 0.3 is 5.00 Å². The molecule has 1 aliphatic heterocycles. The van der Waals surface area contributed by atoms with Gasteiger partial charge in [-0.05, 0) is 64.5 Å². The first-order chi connectivity index (χ1) is 9.54. The monoisotopic (exact) mass is 297 g/mol. The van der Waals surface area contributed by atoms with Gasteiger partial charge in [0.05, 0.1) is 4.92 Å². The Morgan fingerprint density at radius 3 is 2.70 bits per heavy atom. The molecule has 1 aromatic rings. The number of nitro groups is 1. The summed E-state index contributed by atoms with van der Waals surface area (Å²) in [6.07, 6.45) is 3.78. The molecule has 0 aliphatic carbocycles. The van der Waals surface area contributed by atoms with E-state index < -0.39 is 0 Å². The number of rotatable bonds is 6. The fraction of sp³-hybridized carbons (Fsp3) is 0.714. The Bertz CT molecular complexity index is 439. The predicted molar refractivity (Wildman–Crippen MR) is 82.1 cm³/mol. The Morgan fingerprint density at radius 1 is 1.45 bits per heavy atom. The summed E-state index contributed by atoms with van der Waals surface area (Å²) < 4.78 is 0. The van der Waals surface area contributed by atoms with E-state index in [1.165, 1.54) is 37.1 Å². The summed E-state index contributed by atoms with van der Waals surface area (Å²) in [6.45, 7) is 4.25. The summed E-state index contributed by atoms with van der Waals surface area (Å²) in [6, 6.07) is 1.71. The summed E-state index contributed by atoms with van der Waals surface area (Å²) in [5, 5.41) is 12.8. The van der Waals surface area contributed by atoms with Crippen molar-refractivity contribution < 1.29 is 4.92 Å². The van der Waals surface area contributed by atoms with Crippen molar-refractivity contribution in [2.45, 2.75) is 25.8 Å². The van der Waals surface area contributed by atoms with Crippen LogP contribution in [0, 0.1) is 16.0 Å². The first-order valence-electron chi connectivity index (χ1n) is 7.13. The number of hydrogen-bond donors (Lipinski definition) is 0. The third-order valence-corrected chi connectivity index (χ3v) is 4.85. The third kappa shape index (κ3) is 4.54. The van der Waals surface area contributed by atoms with Crippen molar-refractivity contribution in [1.29, 1.82) is 0 Å². The zero-order chi connectivity index (χ0) is 14.5. The van der Waals surface area contributed by atoms with Crippen molar-refractivity contribution in [2.75, 3.05) is 33.7 Å². The van der Waals surface area contributed by atoms with Gasteiger partial charge in [-0.2, -0.15) is 0 Å². The number of nitrogens with zero attached hydrogens (tertiary/aromatic N) is 3. The van der Waals surface area contributed by atoms with Gasteiger partial charge in [-0.1, -0.05) is 11.3 Å².